The van der Waals surface area contributed by atoms with Gasteiger partial charge >= 0.3 is 5.63 Å². The first-order valence-corrected chi connectivity index (χ1v) is 4.93. The number of rotatable bonds is 0. The normalized spacial score (nSPS) is 15.1. The van der Waals surface area contributed by atoms with Crippen molar-refractivity contribution in [3.05, 3.63) is 46.0 Å². The number of hydrogen-bond donors (Lipinski definition) is 0. The molecule has 0 bridgehead atoms. The lowest BCUT2D eigenvalue weighted by Crippen LogP contribution is -2.21. The molecule has 3 rings (SSSR count). The lowest BCUT2D eigenvalue weighted by Gasteiger charge is -2.15. The third kappa shape index (κ3) is 1.20. The quantitative estimate of drug-likeness (QED) is 0.669. The molecular weight excluding hydrogens is 208 g/mol. The van der Waals surface area contributed by atoms with E-state index in [9.17, 15) is 9.59 Å². The molecule has 2 heterocycles. The number of Topliss-reactive ketones (excluding diaryl/α,β-unsaturated/α-hetero) is 1. The highest BCUT2D eigenvalue weighted by Gasteiger charge is 2.23. The van der Waals surface area contributed by atoms with Crippen LogP contribution < -0.4 is 5.63 Å². The fourth-order valence-electron chi connectivity index (χ4n) is 1.96. The SMILES string of the molecule is O=C1COCc2oc(=O)c3ccccc3c21. The van der Waals surface area contributed by atoms with Crippen molar-refractivity contribution in [1.82, 2.24) is 0 Å². The van der Waals surface area contributed by atoms with E-state index in [0.29, 0.717) is 22.1 Å². The average Bonchev–Trinajstić information content (AvgIpc) is 2.29. The molecule has 1 aliphatic rings. The van der Waals surface area contributed by atoms with Crippen molar-refractivity contribution in [2.45, 2.75) is 6.61 Å². The summed E-state index contributed by atoms with van der Waals surface area (Å²) < 4.78 is 10.1. The van der Waals surface area contributed by atoms with Crippen LogP contribution in [-0.2, 0) is 11.3 Å². The third-order valence-corrected chi connectivity index (χ3v) is 2.66. The highest BCUT2D eigenvalue weighted by Crippen LogP contribution is 2.23. The molecule has 0 amide bonds. The maximum Gasteiger partial charge on any atom is 0.343 e. The molecule has 0 atom stereocenters. The van der Waals surface area contributed by atoms with Crippen molar-refractivity contribution in [1.29, 1.82) is 0 Å². The van der Waals surface area contributed by atoms with Crippen LogP contribution in [0.4, 0.5) is 0 Å². The molecule has 16 heavy (non-hydrogen) atoms. The number of ether oxygens (including phenoxy) is 1. The minimum atomic E-state index is -0.423. The Morgan fingerprint density at radius 1 is 1.00 bits per heavy atom. The lowest BCUT2D eigenvalue weighted by molar-refractivity contribution is 0.0600. The highest BCUT2D eigenvalue weighted by molar-refractivity contribution is 6.09. The largest absolute Gasteiger partial charge is 0.424 e. The molecule has 4 heteroatoms. The molecule has 1 aliphatic heterocycles. The molecule has 0 saturated heterocycles. The van der Waals surface area contributed by atoms with Gasteiger partial charge in [0.05, 0.1) is 10.9 Å². The van der Waals surface area contributed by atoms with Crippen LogP contribution in [0.1, 0.15) is 16.1 Å². The standard InChI is InChI=1S/C12H8O4/c13-9-5-15-6-10-11(9)7-3-1-2-4-8(7)12(14)16-10/h1-4H,5-6H2. The minimum absolute atomic E-state index is 0.0463. The van der Waals surface area contributed by atoms with E-state index in [1.165, 1.54) is 0 Å². The van der Waals surface area contributed by atoms with E-state index in [1.807, 2.05) is 0 Å². The second-order valence-electron chi connectivity index (χ2n) is 3.65. The van der Waals surface area contributed by atoms with Crippen LogP contribution in [0.25, 0.3) is 10.8 Å². The van der Waals surface area contributed by atoms with E-state index < -0.39 is 5.63 Å². The predicted octanol–water partition coefficient (Wildman–Crippen LogP) is 1.51. The Kier molecular flexibility index (Phi) is 1.91. The summed E-state index contributed by atoms with van der Waals surface area (Å²) in [6, 6.07) is 6.96. The van der Waals surface area contributed by atoms with Gasteiger partial charge in [0.2, 0.25) is 0 Å². The molecule has 0 saturated carbocycles. The zero-order valence-electron chi connectivity index (χ0n) is 8.36. The van der Waals surface area contributed by atoms with Gasteiger partial charge in [-0.15, -0.1) is 0 Å². The molecule has 0 N–H and O–H groups in total. The van der Waals surface area contributed by atoms with Gasteiger partial charge in [-0.2, -0.15) is 0 Å². The molecule has 0 fully saturated rings. The Labute approximate surface area is 90.4 Å². The van der Waals surface area contributed by atoms with Gasteiger partial charge in [-0.3, -0.25) is 4.79 Å². The zero-order valence-corrected chi connectivity index (χ0v) is 8.36. The van der Waals surface area contributed by atoms with Crippen molar-refractivity contribution < 1.29 is 13.9 Å². The first kappa shape index (κ1) is 9.30. The topological polar surface area (TPSA) is 56.5 Å². The number of benzene rings is 1. The number of carbonyl (C=O) groups is 1. The second-order valence-corrected chi connectivity index (χ2v) is 3.65. The molecule has 0 aliphatic carbocycles. The summed E-state index contributed by atoms with van der Waals surface area (Å²) in [5.41, 5.74) is 0.0640. The monoisotopic (exact) mass is 216 g/mol. The van der Waals surface area contributed by atoms with Crippen LogP contribution in [0, 0.1) is 0 Å². The number of carbonyl (C=O) groups excluding carboxylic acids is 1. The molecule has 1 aromatic heterocycles. The maximum atomic E-state index is 11.7. The number of ketones is 1. The van der Waals surface area contributed by atoms with Crippen LogP contribution in [-0.4, -0.2) is 12.4 Å². The van der Waals surface area contributed by atoms with Gasteiger partial charge in [0.15, 0.2) is 5.78 Å². The summed E-state index contributed by atoms with van der Waals surface area (Å²) in [6.07, 6.45) is 0. The van der Waals surface area contributed by atoms with Crippen molar-refractivity contribution in [2.24, 2.45) is 0 Å². The van der Waals surface area contributed by atoms with Crippen LogP contribution in [0.2, 0.25) is 0 Å². The second kappa shape index (κ2) is 3.28. The Balaban J connectivity index is 2.50. The van der Waals surface area contributed by atoms with Crippen LogP contribution in [0.15, 0.2) is 33.5 Å². The Morgan fingerprint density at radius 2 is 1.75 bits per heavy atom. The average molecular weight is 216 g/mol. The molecule has 0 spiro atoms. The summed E-state index contributed by atoms with van der Waals surface area (Å²) in [4.78, 5) is 23.3. The van der Waals surface area contributed by atoms with Gasteiger partial charge in [-0.1, -0.05) is 18.2 Å². The van der Waals surface area contributed by atoms with Gasteiger partial charge < -0.3 is 9.15 Å². The van der Waals surface area contributed by atoms with Crippen molar-refractivity contribution in [2.75, 3.05) is 6.61 Å². The predicted molar refractivity (Wildman–Crippen MR) is 56.5 cm³/mol. The van der Waals surface area contributed by atoms with Gasteiger partial charge in [0, 0.05) is 5.39 Å². The summed E-state index contributed by atoms with van der Waals surface area (Å²) in [6.45, 7) is 0.228. The van der Waals surface area contributed by atoms with Gasteiger partial charge in [0.1, 0.15) is 19.0 Å². The molecule has 4 nitrogen and oxygen atoms in total. The third-order valence-electron chi connectivity index (χ3n) is 2.66. The van der Waals surface area contributed by atoms with Gasteiger partial charge in [-0.05, 0) is 6.07 Å². The highest BCUT2D eigenvalue weighted by atomic mass is 16.5. The first-order chi connectivity index (χ1) is 7.77. The first-order valence-electron chi connectivity index (χ1n) is 4.93. The van der Waals surface area contributed by atoms with E-state index in [4.69, 9.17) is 9.15 Å². The minimum Gasteiger partial charge on any atom is -0.424 e. The fraction of sp³-hybridized carbons (Fsp3) is 0.167. The summed E-state index contributed by atoms with van der Waals surface area (Å²) in [5.74, 6) is 0.196. The van der Waals surface area contributed by atoms with Gasteiger partial charge in [0.25, 0.3) is 0 Å². The number of fused-ring (bicyclic) bond motifs is 3. The Bertz CT molecular complexity index is 639. The molecule has 1 aromatic carbocycles. The Hall–Kier alpha value is -1.94. The Morgan fingerprint density at radius 3 is 2.56 bits per heavy atom. The summed E-state index contributed by atoms with van der Waals surface area (Å²) in [7, 11) is 0. The van der Waals surface area contributed by atoms with Crippen molar-refractivity contribution in [3.8, 4) is 0 Å². The van der Waals surface area contributed by atoms with Crippen molar-refractivity contribution >= 4 is 16.6 Å². The van der Waals surface area contributed by atoms with Crippen LogP contribution in [0.3, 0.4) is 0 Å². The van der Waals surface area contributed by atoms with E-state index in [2.05, 4.69) is 0 Å². The van der Waals surface area contributed by atoms with Crippen LogP contribution >= 0.6 is 0 Å². The van der Waals surface area contributed by atoms with E-state index >= 15 is 0 Å². The molecule has 0 unspecified atom stereocenters. The van der Waals surface area contributed by atoms with Gasteiger partial charge in [-0.25, -0.2) is 4.79 Å². The zero-order chi connectivity index (χ0) is 11.1. The molecule has 0 radical (unpaired) electrons. The summed E-state index contributed by atoms with van der Waals surface area (Å²) in [5, 5.41) is 1.10. The molecule has 2 aromatic rings. The fourth-order valence-corrected chi connectivity index (χ4v) is 1.96. The molecule has 80 valence electrons. The van der Waals surface area contributed by atoms with E-state index in [0.717, 1.165) is 0 Å². The summed E-state index contributed by atoms with van der Waals surface area (Å²) >= 11 is 0. The van der Waals surface area contributed by atoms with E-state index in [1.54, 1.807) is 24.3 Å². The number of hydrogen-bond acceptors (Lipinski definition) is 4. The van der Waals surface area contributed by atoms with Crippen LogP contribution in [0.5, 0.6) is 0 Å². The van der Waals surface area contributed by atoms with E-state index in [-0.39, 0.29) is 19.0 Å². The smallest absolute Gasteiger partial charge is 0.343 e. The lowest BCUT2D eigenvalue weighted by atomic mass is 10.0. The maximum absolute atomic E-state index is 11.7. The molecular formula is C12H8O4. The van der Waals surface area contributed by atoms with Crippen molar-refractivity contribution in [3.63, 3.8) is 0 Å².